The highest BCUT2D eigenvalue weighted by Crippen LogP contribution is 2.28. The Morgan fingerprint density at radius 2 is 1.80 bits per heavy atom. The van der Waals surface area contributed by atoms with Gasteiger partial charge in [-0.15, -0.1) is 0 Å². The third-order valence-corrected chi connectivity index (χ3v) is 4.97. The van der Waals surface area contributed by atoms with Gasteiger partial charge >= 0.3 is 0 Å². The monoisotopic (exact) mass is 439 g/mol. The number of nitrogens with zero attached hydrogens (tertiary/aromatic N) is 2. The van der Waals surface area contributed by atoms with Crippen LogP contribution in [-0.2, 0) is 13.2 Å². The molecule has 0 radical (unpaired) electrons. The van der Waals surface area contributed by atoms with E-state index >= 15 is 0 Å². The number of methoxy groups -OCH3 is 1. The van der Waals surface area contributed by atoms with Crippen LogP contribution in [0.1, 0.15) is 22.3 Å². The summed E-state index contributed by atoms with van der Waals surface area (Å²) in [4.78, 5) is 0. The zero-order valence-electron chi connectivity index (χ0n) is 16.2. The maximum absolute atomic E-state index is 9.00. The molecular formula is C23H19Cl2N3O2. The van der Waals surface area contributed by atoms with Crippen LogP contribution >= 0.6 is 23.2 Å². The first-order valence-electron chi connectivity index (χ1n) is 9.09. The van der Waals surface area contributed by atoms with Gasteiger partial charge in [0.15, 0.2) is 11.5 Å². The highest BCUT2D eigenvalue weighted by Gasteiger charge is 2.07. The molecule has 7 heteroatoms. The summed E-state index contributed by atoms with van der Waals surface area (Å²) in [5.41, 5.74) is 6.08. The van der Waals surface area contributed by atoms with E-state index in [-0.39, 0.29) is 0 Å². The van der Waals surface area contributed by atoms with Crippen molar-refractivity contribution in [1.82, 2.24) is 5.43 Å². The molecule has 1 N–H and O–H groups in total. The third kappa shape index (κ3) is 5.66. The van der Waals surface area contributed by atoms with Gasteiger partial charge in [-0.1, -0.05) is 41.4 Å². The van der Waals surface area contributed by atoms with Gasteiger partial charge in [-0.3, -0.25) is 0 Å². The summed E-state index contributed by atoms with van der Waals surface area (Å²) in [6.45, 7) is 0.745. The standard InChI is InChI=1S/C23H19Cl2N3O2/c1-29-23-11-17(13-27-28-14-19-20(24)6-3-7-21(19)25)8-9-22(23)30-15-18-5-2-4-16(10-18)12-26/h2-11,13,28H,14-15H2,1H3/b27-13+. The SMILES string of the molecule is COc1cc(/C=N/NCc2c(Cl)cccc2Cl)ccc1OCc1cccc(C#N)c1. The van der Waals surface area contributed by atoms with Crippen LogP contribution in [0, 0.1) is 11.3 Å². The summed E-state index contributed by atoms with van der Waals surface area (Å²) in [6.07, 6.45) is 1.67. The first-order chi connectivity index (χ1) is 14.6. The minimum absolute atomic E-state index is 0.333. The van der Waals surface area contributed by atoms with Crippen LogP contribution in [0.3, 0.4) is 0 Å². The molecule has 0 saturated carbocycles. The van der Waals surface area contributed by atoms with Gasteiger partial charge in [-0.2, -0.15) is 10.4 Å². The molecule has 0 amide bonds. The molecule has 0 saturated heterocycles. The molecular weight excluding hydrogens is 421 g/mol. The van der Waals surface area contributed by atoms with E-state index in [2.05, 4.69) is 16.6 Å². The smallest absolute Gasteiger partial charge is 0.161 e. The van der Waals surface area contributed by atoms with E-state index in [9.17, 15) is 0 Å². The van der Waals surface area contributed by atoms with Crippen LogP contribution in [0.15, 0.2) is 65.8 Å². The zero-order valence-corrected chi connectivity index (χ0v) is 17.7. The Morgan fingerprint density at radius 1 is 1.03 bits per heavy atom. The Morgan fingerprint density at radius 3 is 2.53 bits per heavy atom. The number of nitrogens with one attached hydrogen (secondary N) is 1. The van der Waals surface area contributed by atoms with E-state index in [1.807, 2.05) is 30.3 Å². The second-order valence-corrected chi connectivity index (χ2v) is 7.12. The van der Waals surface area contributed by atoms with Gasteiger partial charge in [0.1, 0.15) is 6.61 Å². The number of ether oxygens (including phenoxy) is 2. The van der Waals surface area contributed by atoms with Gasteiger partial charge in [0, 0.05) is 15.6 Å². The fourth-order valence-corrected chi connectivity index (χ4v) is 3.25. The van der Waals surface area contributed by atoms with Crippen LogP contribution in [0.2, 0.25) is 10.0 Å². The van der Waals surface area contributed by atoms with Crippen molar-refractivity contribution < 1.29 is 9.47 Å². The Bertz CT molecular complexity index is 1070. The molecule has 3 aromatic rings. The van der Waals surface area contributed by atoms with E-state index in [4.69, 9.17) is 37.9 Å². The lowest BCUT2D eigenvalue weighted by Gasteiger charge is -2.11. The van der Waals surface area contributed by atoms with E-state index < -0.39 is 0 Å². The molecule has 0 heterocycles. The average Bonchev–Trinajstić information content (AvgIpc) is 2.77. The first-order valence-corrected chi connectivity index (χ1v) is 9.85. The van der Waals surface area contributed by atoms with Gasteiger partial charge < -0.3 is 14.9 Å². The van der Waals surface area contributed by atoms with Crippen LogP contribution in [0.5, 0.6) is 11.5 Å². The quantitative estimate of drug-likeness (QED) is 0.367. The van der Waals surface area contributed by atoms with Gasteiger partial charge in [0.2, 0.25) is 0 Å². The summed E-state index contributed by atoms with van der Waals surface area (Å²) in [6, 6.07) is 20.3. The first kappa shape index (κ1) is 21.5. The lowest BCUT2D eigenvalue weighted by molar-refractivity contribution is 0.284. The molecule has 0 bridgehead atoms. The largest absolute Gasteiger partial charge is 0.493 e. The van der Waals surface area contributed by atoms with Crippen LogP contribution < -0.4 is 14.9 Å². The van der Waals surface area contributed by atoms with Crippen molar-refractivity contribution in [1.29, 1.82) is 5.26 Å². The van der Waals surface area contributed by atoms with Crippen molar-refractivity contribution in [2.24, 2.45) is 5.10 Å². The minimum atomic E-state index is 0.333. The van der Waals surface area contributed by atoms with E-state index in [0.29, 0.717) is 40.3 Å². The predicted octanol–water partition coefficient (Wildman–Crippen LogP) is 5.58. The Balaban J connectivity index is 1.62. The summed E-state index contributed by atoms with van der Waals surface area (Å²) >= 11 is 12.3. The summed E-state index contributed by atoms with van der Waals surface area (Å²) in [5, 5.41) is 14.4. The van der Waals surface area contributed by atoms with Gasteiger partial charge in [-0.25, -0.2) is 0 Å². The maximum atomic E-state index is 9.00. The van der Waals surface area contributed by atoms with Crippen LogP contribution in [-0.4, -0.2) is 13.3 Å². The van der Waals surface area contributed by atoms with Gasteiger partial charge in [0.25, 0.3) is 0 Å². The Labute approximate surface area is 185 Å². The van der Waals surface area contributed by atoms with Crippen molar-refractivity contribution in [3.05, 3.63) is 93.0 Å². The fourth-order valence-electron chi connectivity index (χ4n) is 2.72. The normalized spacial score (nSPS) is 10.6. The van der Waals surface area contributed by atoms with Crippen LogP contribution in [0.25, 0.3) is 0 Å². The van der Waals surface area contributed by atoms with Crippen molar-refractivity contribution in [2.45, 2.75) is 13.2 Å². The maximum Gasteiger partial charge on any atom is 0.161 e. The second-order valence-electron chi connectivity index (χ2n) is 6.30. The molecule has 0 aliphatic carbocycles. The number of hydrazone groups is 1. The number of benzene rings is 3. The summed E-state index contributed by atoms with van der Waals surface area (Å²) < 4.78 is 11.3. The van der Waals surface area contributed by atoms with E-state index in [1.165, 1.54) is 0 Å². The van der Waals surface area contributed by atoms with E-state index in [1.54, 1.807) is 43.7 Å². The lowest BCUT2D eigenvalue weighted by atomic mass is 10.1. The number of hydrogen-bond donors (Lipinski definition) is 1. The molecule has 152 valence electrons. The molecule has 0 aliphatic rings. The molecule has 0 fully saturated rings. The van der Waals surface area contributed by atoms with Gasteiger partial charge in [-0.05, 0) is 53.6 Å². The number of rotatable bonds is 8. The second kappa shape index (κ2) is 10.5. The zero-order chi connectivity index (χ0) is 21.3. The van der Waals surface area contributed by atoms with Crippen molar-refractivity contribution in [3.8, 4) is 17.6 Å². The highest BCUT2D eigenvalue weighted by molar-refractivity contribution is 6.35. The number of nitriles is 1. The van der Waals surface area contributed by atoms with Crippen LogP contribution in [0.4, 0.5) is 0 Å². The molecule has 5 nitrogen and oxygen atoms in total. The number of hydrogen-bond acceptors (Lipinski definition) is 5. The predicted molar refractivity (Wildman–Crippen MR) is 119 cm³/mol. The van der Waals surface area contributed by atoms with Gasteiger partial charge in [0.05, 0.1) is 31.5 Å². The lowest BCUT2D eigenvalue weighted by Crippen LogP contribution is -2.06. The molecule has 3 rings (SSSR count). The molecule has 3 aromatic carbocycles. The minimum Gasteiger partial charge on any atom is -0.493 e. The molecule has 30 heavy (non-hydrogen) atoms. The van der Waals surface area contributed by atoms with Crippen molar-refractivity contribution >= 4 is 29.4 Å². The summed E-state index contributed by atoms with van der Waals surface area (Å²) in [7, 11) is 1.58. The molecule has 0 aliphatic heterocycles. The molecule has 0 aromatic heterocycles. The fraction of sp³-hybridized carbons (Fsp3) is 0.130. The third-order valence-electron chi connectivity index (χ3n) is 4.26. The summed E-state index contributed by atoms with van der Waals surface area (Å²) in [5.74, 6) is 1.19. The van der Waals surface area contributed by atoms with Crippen molar-refractivity contribution in [2.75, 3.05) is 7.11 Å². The molecule has 0 atom stereocenters. The topological polar surface area (TPSA) is 66.6 Å². The average molecular weight is 440 g/mol. The Hall–Kier alpha value is -3.20. The number of halogens is 2. The van der Waals surface area contributed by atoms with Crippen molar-refractivity contribution in [3.63, 3.8) is 0 Å². The Kier molecular flexibility index (Phi) is 7.56. The molecule has 0 unspecified atom stereocenters. The molecule has 0 spiro atoms. The van der Waals surface area contributed by atoms with E-state index in [0.717, 1.165) is 16.7 Å². The highest BCUT2D eigenvalue weighted by atomic mass is 35.5.